The summed E-state index contributed by atoms with van der Waals surface area (Å²) in [6.45, 7) is 6.08. The Bertz CT molecular complexity index is 98.0. The zero-order chi connectivity index (χ0) is 11.9. The van der Waals surface area contributed by atoms with E-state index in [1.165, 1.54) is 64.2 Å². The van der Waals surface area contributed by atoms with Crippen molar-refractivity contribution in [2.75, 3.05) is 13.2 Å². The topological polar surface area (TPSA) is 9.23 Å². The van der Waals surface area contributed by atoms with Crippen LogP contribution < -0.4 is 0 Å². The van der Waals surface area contributed by atoms with Crippen LogP contribution in [-0.2, 0) is 4.74 Å². The van der Waals surface area contributed by atoms with Gasteiger partial charge in [0.05, 0.1) is 0 Å². The van der Waals surface area contributed by atoms with Crippen molar-refractivity contribution >= 4 is 0 Å². The summed E-state index contributed by atoms with van der Waals surface area (Å²) in [5.74, 6) is 0. The number of ether oxygens (including phenoxy) is 1. The summed E-state index contributed by atoms with van der Waals surface area (Å²) < 4.78 is 5.40. The first kappa shape index (κ1) is 16.0. The molecule has 0 rings (SSSR count). The fraction of sp³-hybridized carbons (Fsp3) is 0.933. The van der Waals surface area contributed by atoms with Gasteiger partial charge in [0.25, 0.3) is 0 Å². The van der Waals surface area contributed by atoms with Crippen LogP contribution in [0, 0.1) is 6.42 Å². The second-order valence-electron chi connectivity index (χ2n) is 4.67. The van der Waals surface area contributed by atoms with Crippen molar-refractivity contribution in [3.8, 4) is 0 Å². The number of hydrogen-bond acceptors (Lipinski definition) is 1. The van der Waals surface area contributed by atoms with Gasteiger partial charge in [0.2, 0.25) is 0 Å². The molecular weight excluding hydrogens is 196 g/mol. The van der Waals surface area contributed by atoms with E-state index in [1.54, 1.807) is 0 Å². The minimum Gasteiger partial charge on any atom is -0.381 e. The van der Waals surface area contributed by atoms with E-state index in [9.17, 15) is 0 Å². The Morgan fingerprint density at radius 3 is 1.75 bits per heavy atom. The molecule has 0 fully saturated rings. The van der Waals surface area contributed by atoms with Crippen molar-refractivity contribution in [1.29, 1.82) is 0 Å². The lowest BCUT2D eigenvalue weighted by Gasteiger charge is -2.03. The number of hydrogen-bond donors (Lipinski definition) is 0. The quantitative estimate of drug-likeness (QED) is 0.395. The summed E-state index contributed by atoms with van der Waals surface area (Å²) in [7, 11) is 0. The highest BCUT2D eigenvalue weighted by atomic mass is 16.5. The maximum Gasteiger partial charge on any atom is 0.0495 e. The molecule has 16 heavy (non-hydrogen) atoms. The van der Waals surface area contributed by atoms with Gasteiger partial charge in [0, 0.05) is 13.2 Å². The Morgan fingerprint density at radius 2 is 1.25 bits per heavy atom. The molecular formula is C15H31O. The van der Waals surface area contributed by atoms with E-state index in [2.05, 4.69) is 13.3 Å². The molecule has 97 valence electrons. The molecule has 0 aliphatic carbocycles. The summed E-state index contributed by atoms with van der Waals surface area (Å²) in [4.78, 5) is 0. The van der Waals surface area contributed by atoms with Crippen LogP contribution in [0.4, 0.5) is 0 Å². The van der Waals surface area contributed by atoms with Crippen LogP contribution in [0.2, 0.25) is 0 Å². The average molecular weight is 227 g/mol. The van der Waals surface area contributed by atoms with Gasteiger partial charge in [-0.05, 0) is 12.8 Å². The van der Waals surface area contributed by atoms with Crippen LogP contribution in [0.3, 0.4) is 0 Å². The monoisotopic (exact) mass is 227 g/mol. The molecule has 0 aromatic carbocycles. The van der Waals surface area contributed by atoms with Crippen molar-refractivity contribution in [3.63, 3.8) is 0 Å². The molecule has 0 aromatic rings. The smallest absolute Gasteiger partial charge is 0.0495 e. The first-order valence-electron chi connectivity index (χ1n) is 7.27. The molecule has 0 unspecified atom stereocenters. The third-order valence-electron chi connectivity index (χ3n) is 2.93. The Labute approximate surface area is 103 Å². The third kappa shape index (κ3) is 14.0. The van der Waals surface area contributed by atoms with Gasteiger partial charge in [-0.1, -0.05) is 71.6 Å². The molecule has 0 aliphatic heterocycles. The Morgan fingerprint density at radius 1 is 0.750 bits per heavy atom. The van der Waals surface area contributed by atoms with E-state index in [4.69, 9.17) is 4.74 Å². The van der Waals surface area contributed by atoms with Crippen molar-refractivity contribution in [2.24, 2.45) is 0 Å². The highest BCUT2D eigenvalue weighted by Crippen LogP contribution is 2.10. The lowest BCUT2D eigenvalue weighted by Crippen LogP contribution is -1.95. The van der Waals surface area contributed by atoms with Crippen LogP contribution in [0.1, 0.15) is 78.1 Å². The standard InChI is InChI=1S/C15H31O/c1-3-5-6-7-8-9-10-11-12-13-15-16-14-4-2/h4H,3,5-15H2,1-2H3. The van der Waals surface area contributed by atoms with E-state index in [0.717, 1.165) is 13.2 Å². The molecule has 0 atom stereocenters. The number of rotatable bonds is 13. The largest absolute Gasteiger partial charge is 0.381 e. The number of unbranched alkanes of at least 4 members (excludes halogenated alkanes) is 9. The zero-order valence-corrected chi connectivity index (χ0v) is 11.5. The lowest BCUT2D eigenvalue weighted by molar-refractivity contribution is 0.149. The van der Waals surface area contributed by atoms with Crippen LogP contribution in [0.5, 0.6) is 0 Å². The van der Waals surface area contributed by atoms with Crippen molar-refractivity contribution < 1.29 is 4.74 Å². The molecule has 0 saturated heterocycles. The van der Waals surface area contributed by atoms with Crippen LogP contribution in [0.25, 0.3) is 0 Å². The third-order valence-corrected chi connectivity index (χ3v) is 2.93. The van der Waals surface area contributed by atoms with Gasteiger partial charge in [0.15, 0.2) is 0 Å². The highest BCUT2D eigenvalue weighted by molar-refractivity contribution is 4.51. The summed E-state index contributed by atoms with van der Waals surface area (Å²) >= 11 is 0. The molecule has 0 saturated carbocycles. The van der Waals surface area contributed by atoms with Gasteiger partial charge >= 0.3 is 0 Å². The SMILES string of the molecule is C[CH]COCCCCCCCCCCCC. The molecule has 0 aromatic heterocycles. The van der Waals surface area contributed by atoms with Crippen molar-refractivity contribution in [1.82, 2.24) is 0 Å². The second kappa shape index (κ2) is 15.0. The zero-order valence-electron chi connectivity index (χ0n) is 11.5. The summed E-state index contributed by atoms with van der Waals surface area (Å²) in [6.07, 6.45) is 16.0. The molecule has 0 bridgehead atoms. The van der Waals surface area contributed by atoms with E-state index < -0.39 is 0 Å². The van der Waals surface area contributed by atoms with Crippen LogP contribution in [-0.4, -0.2) is 13.2 Å². The predicted octanol–water partition coefficient (Wildman–Crippen LogP) is 5.15. The Balaban J connectivity index is 2.83. The Hall–Kier alpha value is -0.0400. The van der Waals surface area contributed by atoms with E-state index in [1.807, 2.05) is 6.92 Å². The fourth-order valence-electron chi connectivity index (χ4n) is 1.89. The molecule has 1 nitrogen and oxygen atoms in total. The Kier molecular flexibility index (Phi) is 14.9. The van der Waals surface area contributed by atoms with Gasteiger partial charge in [-0.2, -0.15) is 0 Å². The minimum atomic E-state index is 0.817. The maximum atomic E-state index is 5.40. The van der Waals surface area contributed by atoms with Gasteiger partial charge < -0.3 is 4.74 Å². The van der Waals surface area contributed by atoms with Gasteiger partial charge in [-0.15, -0.1) is 0 Å². The summed E-state index contributed by atoms with van der Waals surface area (Å²) in [5.41, 5.74) is 0. The fourth-order valence-corrected chi connectivity index (χ4v) is 1.89. The second-order valence-corrected chi connectivity index (χ2v) is 4.67. The normalized spacial score (nSPS) is 10.9. The maximum absolute atomic E-state index is 5.40. The molecule has 0 amide bonds. The first-order chi connectivity index (χ1) is 7.91. The van der Waals surface area contributed by atoms with Crippen molar-refractivity contribution in [2.45, 2.75) is 78.1 Å². The van der Waals surface area contributed by atoms with Gasteiger partial charge in [-0.3, -0.25) is 0 Å². The molecule has 1 radical (unpaired) electrons. The predicted molar refractivity (Wildman–Crippen MR) is 72.6 cm³/mol. The van der Waals surface area contributed by atoms with Crippen molar-refractivity contribution in [3.05, 3.63) is 6.42 Å². The van der Waals surface area contributed by atoms with Crippen LogP contribution >= 0.6 is 0 Å². The highest BCUT2D eigenvalue weighted by Gasteiger charge is 1.92. The molecule has 0 aliphatic rings. The van der Waals surface area contributed by atoms with Gasteiger partial charge in [0.1, 0.15) is 0 Å². The lowest BCUT2D eigenvalue weighted by atomic mass is 10.1. The molecule has 0 heterocycles. The minimum absolute atomic E-state index is 0.817. The van der Waals surface area contributed by atoms with E-state index in [0.29, 0.717) is 0 Å². The van der Waals surface area contributed by atoms with Crippen LogP contribution in [0.15, 0.2) is 0 Å². The molecule has 0 spiro atoms. The molecule has 1 heteroatoms. The van der Waals surface area contributed by atoms with E-state index in [-0.39, 0.29) is 0 Å². The summed E-state index contributed by atoms with van der Waals surface area (Å²) in [6, 6.07) is 0. The molecule has 0 N–H and O–H groups in total. The average Bonchev–Trinajstić information content (AvgIpc) is 2.31. The van der Waals surface area contributed by atoms with E-state index >= 15 is 0 Å². The summed E-state index contributed by atoms with van der Waals surface area (Å²) in [5, 5.41) is 0. The first-order valence-corrected chi connectivity index (χ1v) is 7.27. The van der Waals surface area contributed by atoms with Gasteiger partial charge in [-0.25, -0.2) is 0 Å².